The van der Waals surface area contributed by atoms with Crippen LogP contribution in [0.1, 0.15) is 29.8 Å². The number of phenols is 3. The Hall–Kier alpha value is -6.80. The molecular weight excluding hydrogens is 798 g/mol. The number of oxazole rings is 1. The molecule has 0 saturated heterocycles. The molecule has 6 aromatic rings. The molecule has 300 valence electrons. The number of aromatic amines is 1. The molecule has 57 heavy (non-hydrogen) atoms. The van der Waals surface area contributed by atoms with E-state index in [4.69, 9.17) is 0 Å². The Morgan fingerprint density at radius 2 is 1.46 bits per heavy atom. The molecule has 5 aromatic carbocycles. The molecule has 0 saturated carbocycles. The maximum Gasteiger partial charge on any atom is 0.508 e. The number of anilines is 3. The van der Waals surface area contributed by atoms with Crippen molar-refractivity contribution in [2.24, 2.45) is 0 Å². The van der Waals surface area contributed by atoms with Gasteiger partial charge in [0, 0.05) is 25.2 Å². The van der Waals surface area contributed by atoms with Crippen molar-refractivity contribution in [1.82, 2.24) is 4.98 Å². The van der Waals surface area contributed by atoms with Gasteiger partial charge < -0.3 is 34.6 Å². The molecule has 1 unspecified atom stereocenters. The number of aromatic nitrogens is 1. The van der Waals surface area contributed by atoms with Gasteiger partial charge in [0.15, 0.2) is 22.9 Å². The van der Waals surface area contributed by atoms with Gasteiger partial charge in [0.1, 0.15) is 17.0 Å². The van der Waals surface area contributed by atoms with Crippen LogP contribution in [0, 0.1) is 0 Å². The van der Waals surface area contributed by atoms with E-state index >= 15 is 0 Å². The summed E-state index contributed by atoms with van der Waals surface area (Å²) in [5, 5.41) is 34.2. The van der Waals surface area contributed by atoms with E-state index in [1.165, 1.54) is 42.8 Å². The Kier molecular flexibility index (Phi) is 14.1. The van der Waals surface area contributed by atoms with Gasteiger partial charge >= 0.3 is 22.3 Å². The Labute approximate surface area is 324 Å². The number of carbonyl (C=O) groups excluding carboxylic acids is 2. The Morgan fingerprint density at radius 3 is 2.05 bits per heavy atom. The number of fused-ring (bicyclic) bond motifs is 1. The second-order valence-corrected chi connectivity index (χ2v) is 14.3. The number of carbonyl (C=O) groups is 2. The molecule has 1 aromatic heterocycles. The van der Waals surface area contributed by atoms with Crippen LogP contribution < -0.4 is 25.3 Å². The van der Waals surface area contributed by atoms with E-state index < -0.39 is 55.3 Å². The first-order valence-corrected chi connectivity index (χ1v) is 18.7. The van der Waals surface area contributed by atoms with Crippen LogP contribution in [0.5, 0.6) is 23.0 Å². The minimum atomic E-state index is -5.18. The highest BCUT2D eigenvalue weighted by atomic mass is 32.2. The number of alkyl halides is 3. The fourth-order valence-corrected chi connectivity index (χ4v) is 6.11. The lowest BCUT2D eigenvalue weighted by Crippen LogP contribution is -2.21. The summed E-state index contributed by atoms with van der Waals surface area (Å²) >= 11 is -3.75. The number of para-hydroxylation sites is 2. The molecule has 6 rings (SSSR count). The second kappa shape index (κ2) is 18.7. The highest BCUT2D eigenvalue weighted by Gasteiger charge is 2.40. The summed E-state index contributed by atoms with van der Waals surface area (Å²) in [6, 6.07) is 29.9. The number of benzene rings is 5. The fourth-order valence-electron chi connectivity index (χ4n) is 4.66. The number of amides is 1. The molecule has 0 spiro atoms. The van der Waals surface area contributed by atoms with Crippen molar-refractivity contribution in [3.05, 3.63) is 131 Å². The van der Waals surface area contributed by atoms with Crippen LogP contribution in [0.15, 0.2) is 123 Å². The van der Waals surface area contributed by atoms with Gasteiger partial charge in [-0.3, -0.25) is 19.3 Å². The van der Waals surface area contributed by atoms with Crippen LogP contribution in [0.4, 0.5) is 30.2 Å². The number of rotatable bonds is 10. The molecule has 20 heteroatoms. The van der Waals surface area contributed by atoms with Gasteiger partial charge in [-0.2, -0.15) is 13.2 Å². The summed E-state index contributed by atoms with van der Waals surface area (Å²) in [5.74, 6) is -3.67. The van der Waals surface area contributed by atoms with Gasteiger partial charge in [0.2, 0.25) is 5.91 Å². The molecule has 1 heterocycles. The first-order valence-electron chi connectivity index (χ1n) is 16.2. The molecule has 0 radical (unpaired) electrons. The largest absolute Gasteiger partial charge is 0.508 e. The molecule has 0 aliphatic rings. The monoisotopic (exact) mass is 830 g/mol. The number of hydrogen-bond donors (Lipinski definition) is 7. The van der Waals surface area contributed by atoms with E-state index in [1.54, 1.807) is 24.3 Å². The van der Waals surface area contributed by atoms with E-state index in [0.29, 0.717) is 0 Å². The van der Waals surface area contributed by atoms with E-state index in [9.17, 15) is 55.5 Å². The van der Waals surface area contributed by atoms with Crippen LogP contribution in [0.3, 0.4) is 0 Å². The smallest absolute Gasteiger partial charge is 0.507 e. The fraction of sp³-hybridized carbons (Fsp3) is 0.108. The molecule has 1 amide bonds. The topological polar surface area (TPSA) is 237 Å². The van der Waals surface area contributed by atoms with Gasteiger partial charge in [-0.25, -0.2) is 17.4 Å². The highest BCUT2D eigenvalue weighted by Crippen LogP contribution is 2.39. The van der Waals surface area contributed by atoms with Crippen LogP contribution in [-0.2, 0) is 32.4 Å². The molecule has 15 nitrogen and oxygen atoms in total. The summed E-state index contributed by atoms with van der Waals surface area (Å²) in [6.07, 6.45) is 0. The first kappa shape index (κ1) is 42.9. The number of H-pyrrole nitrogens is 1. The quantitative estimate of drug-likeness (QED) is 0.0431. The van der Waals surface area contributed by atoms with E-state index in [2.05, 4.69) is 24.0 Å². The molecule has 0 aliphatic heterocycles. The summed E-state index contributed by atoms with van der Waals surface area (Å²) in [5.41, 5.74) is -3.89. The number of nitrogens with one attached hydrogen (secondary N) is 4. The first-order chi connectivity index (χ1) is 26.9. The van der Waals surface area contributed by atoms with Crippen LogP contribution in [0.25, 0.3) is 11.1 Å². The average molecular weight is 831 g/mol. The van der Waals surface area contributed by atoms with Crippen LogP contribution in [-0.4, -0.2) is 50.1 Å². The maximum absolute atomic E-state index is 12.2. The zero-order valence-corrected chi connectivity index (χ0v) is 31.3. The van der Waals surface area contributed by atoms with Crippen molar-refractivity contribution >= 4 is 61.0 Å². The van der Waals surface area contributed by atoms with E-state index in [-0.39, 0.29) is 44.7 Å². The third-order valence-electron chi connectivity index (χ3n) is 7.22. The zero-order chi connectivity index (χ0) is 41.9. The number of phenolic OH excluding ortho intramolecular Hbond substituents is 3. The summed E-state index contributed by atoms with van der Waals surface area (Å²) in [6.45, 7) is 3.11. The minimum Gasteiger partial charge on any atom is -0.507 e. The van der Waals surface area contributed by atoms with Gasteiger partial charge in [-0.15, -0.1) is 0 Å². The van der Waals surface area contributed by atoms with Gasteiger partial charge in [0.05, 0.1) is 21.8 Å². The van der Waals surface area contributed by atoms with Crippen molar-refractivity contribution < 1.29 is 59.3 Å². The van der Waals surface area contributed by atoms with Crippen LogP contribution >= 0.6 is 0 Å². The number of Topliss-reactive ketones (excluding diaryl/α,β-unsaturated/α-hetero) is 1. The molecular formula is C37H33F3N4O11S2. The third kappa shape index (κ3) is 12.1. The number of ketones is 1. The second-order valence-electron chi connectivity index (χ2n) is 11.5. The van der Waals surface area contributed by atoms with Crippen molar-refractivity contribution in [3.63, 3.8) is 0 Å². The van der Waals surface area contributed by atoms with Gasteiger partial charge in [-0.05, 0) is 55.0 Å². The predicted octanol–water partition coefficient (Wildman–Crippen LogP) is 6.75. The lowest BCUT2D eigenvalue weighted by Gasteiger charge is -2.11. The highest BCUT2D eigenvalue weighted by molar-refractivity contribution is 7.92. The lowest BCUT2D eigenvalue weighted by molar-refractivity contribution is -0.114. The Morgan fingerprint density at radius 1 is 0.842 bits per heavy atom. The van der Waals surface area contributed by atoms with Crippen molar-refractivity contribution in [3.8, 4) is 23.0 Å². The summed E-state index contributed by atoms with van der Waals surface area (Å²) in [4.78, 5) is 35.7. The Bertz CT molecular complexity index is 2550. The predicted molar refractivity (Wildman–Crippen MR) is 205 cm³/mol. The number of sulfonamides is 1. The van der Waals surface area contributed by atoms with Gasteiger partial charge in [-0.1, -0.05) is 60.7 Å². The number of aromatic hydroxyl groups is 3. The third-order valence-corrected chi connectivity index (χ3v) is 9.32. The SMILES string of the molecule is CC(=O)Nc1cc(OS(=O)C(F)(F)F)c(O)c2[nH]c(=O)oc12.CC(=O)c1cc(NS(=O)(=O)c2ccccc2)ccc1O.Oc1ccccc1NCc1ccccc1. The molecule has 0 bridgehead atoms. The number of hydrogen-bond acceptors (Lipinski definition) is 12. The summed E-state index contributed by atoms with van der Waals surface area (Å²) < 4.78 is 83.0. The maximum atomic E-state index is 12.2. The lowest BCUT2D eigenvalue weighted by atomic mass is 10.1. The van der Waals surface area contributed by atoms with Crippen molar-refractivity contribution in [2.45, 2.75) is 30.8 Å². The van der Waals surface area contributed by atoms with Gasteiger partial charge in [0.25, 0.3) is 10.0 Å². The molecule has 0 fully saturated rings. The van der Waals surface area contributed by atoms with E-state index in [1.807, 2.05) is 53.5 Å². The standard InChI is InChI=1S/C14H13NO4S.C13H13NO.C10H7F3N2O6S/c1-10(16)13-9-11(7-8-14(13)17)15-20(18,19)12-5-3-2-4-6-12;15-13-9-5-4-8-12(13)14-10-11-6-2-1-3-7-11;1-3(16)14-4-2-5(21-22(19)10(11,12)13)7(17)6-8(4)20-9(18)15-6/h2-9,15,17H,1H3;1-9,14-15H,10H2;2,17H,1H3,(H,14,16)(H,15,18). The normalized spacial score (nSPS) is 11.5. The molecule has 7 N–H and O–H groups in total. The zero-order valence-electron chi connectivity index (χ0n) is 29.7. The average Bonchev–Trinajstić information content (AvgIpc) is 3.56. The van der Waals surface area contributed by atoms with Crippen LogP contribution in [0.2, 0.25) is 0 Å². The summed E-state index contributed by atoms with van der Waals surface area (Å²) in [7, 11) is -3.71. The minimum absolute atomic E-state index is 0.0678. The molecule has 1 atom stereocenters. The Balaban J connectivity index is 0.000000193. The number of halogens is 3. The van der Waals surface area contributed by atoms with E-state index in [0.717, 1.165) is 25.2 Å². The van der Waals surface area contributed by atoms with Crippen molar-refractivity contribution in [1.29, 1.82) is 0 Å². The molecule has 0 aliphatic carbocycles. The van der Waals surface area contributed by atoms with Crippen molar-refractivity contribution in [2.75, 3.05) is 15.4 Å².